The fourth-order valence-corrected chi connectivity index (χ4v) is 2.27. The number of nitrogens with one attached hydrogen (secondary N) is 1. The Kier molecular flexibility index (Phi) is 5.04. The van der Waals surface area contributed by atoms with Crippen LogP contribution in [0.3, 0.4) is 0 Å². The summed E-state index contributed by atoms with van der Waals surface area (Å²) < 4.78 is 0. The minimum atomic E-state index is 0. The molecule has 2 heterocycles. The van der Waals surface area contributed by atoms with Crippen LogP contribution < -0.4 is 28.9 Å². The number of carbonyl (C=O) groups excluding carboxylic acids is 1. The number of piperidine rings is 1. The SMILES string of the molecule is CC1CCCN(C(=O)N2C=C[NH+](C)C2)C1.[I-]. The van der Waals surface area contributed by atoms with E-state index in [1.807, 2.05) is 22.2 Å². The Balaban J connectivity index is 0.00000128. The Hall–Kier alpha value is -0.300. The molecule has 1 fully saturated rings. The molecule has 1 saturated heterocycles. The first kappa shape index (κ1) is 13.8. The van der Waals surface area contributed by atoms with Crippen LogP contribution in [0.25, 0.3) is 0 Å². The molecule has 2 unspecified atom stereocenters. The second-order valence-corrected chi connectivity index (χ2v) is 4.77. The maximum Gasteiger partial charge on any atom is 0.328 e. The molecular weight excluding hydrogens is 317 g/mol. The van der Waals surface area contributed by atoms with Crippen molar-refractivity contribution in [2.24, 2.45) is 5.92 Å². The smallest absolute Gasteiger partial charge is 0.328 e. The lowest BCUT2D eigenvalue weighted by atomic mass is 10.0. The van der Waals surface area contributed by atoms with E-state index in [0.29, 0.717) is 5.92 Å². The minimum absolute atomic E-state index is 0. The zero-order valence-corrected chi connectivity index (χ0v) is 12.1. The molecule has 0 radical (unpaired) electrons. The molecule has 4 nitrogen and oxygen atoms in total. The molecule has 16 heavy (non-hydrogen) atoms. The minimum Gasteiger partial charge on any atom is -1.00 e. The van der Waals surface area contributed by atoms with Gasteiger partial charge in [-0.1, -0.05) is 6.92 Å². The highest BCUT2D eigenvalue weighted by Gasteiger charge is 2.27. The molecule has 2 aliphatic rings. The van der Waals surface area contributed by atoms with Crippen molar-refractivity contribution in [2.45, 2.75) is 19.8 Å². The Morgan fingerprint density at radius 2 is 2.25 bits per heavy atom. The van der Waals surface area contributed by atoms with Gasteiger partial charge in [-0.25, -0.2) is 9.69 Å². The van der Waals surface area contributed by atoms with Crippen LogP contribution in [0.1, 0.15) is 19.8 Å². The van der Waals surface area contributed by atoms with Gasteiger partial charge in [0.15, 0.2) is 6.67 Å². The number of amides is 2. The Morgan fingerprint density at radius 3 is 2.81 bits per heavy atom. The standard InChI is InChI=1S/C11H19N3O.HI/c1-10-4-3-5-13(8-10)11(15)14-7-6-12(2)9-14;/h6-7,10H,3-5,8-9H2,1-2H3;1H. The van der Waals surface area contributed by atoms with Gasteiger partial charge in [-0.3, -0.25) is 4.90 Å². The number of likely N-dealkylation sites (tertiary alicyclic amines) is 1. The number of quaternary nitrogens is 1. The maximum absolute atomic E-state index is 12.1. The van der Waals surface area contributed by atoms with Gasteiger partial charge in [-0.15, -0.1) is 0 Å². The van der Waals surface area contributed by atoms with E-state index in [-0.39, 0.29) is 30.0 Å². The van der Waals surface area contributed by atoms with Crippen LogP contribution in [0.2, 0.25) is 0 Å². The molecule has 2 aliphatic heterocycles. The molecule has 0 aromatic rings. The van der Waals surface area contributed by atoms with Gasteiger partial charge in [0.25, 0.3) is 0 Å². The van der Waals surface area contributed by atoms with Crippen molar-refractivity contribution in [2.75, 3.05) is 26.8 Å². The van der Waals surface area contributed by atoms with Gasteiger partial charge in [0.05, 0.1) is 13.2 Å². The fourth-order valence-electron chi connectivity index (χ4n) is 2.27. The third-order valence-electron chi connectivity index (χ3n) is 3.13. The third-order valence-corrected chi connectivity index (χ3v) is 3.13. The highest BCUT2D eigenvalue weighted by atomic mass is 127. The van der Waals surface area contributed by atoms with E-state index >= 15 is 0 Å². The van der Waals surface area contributed by atoms with Gasteiger partial charge in [0.2, 0.25) is 0 Å². The third kappa shape index (κ3) is 3.10. The largest absolute Gasteiger partial charge is 1.00 e. The molecule has 2 rings (SSSR count). The molecule has 2 atom stereocenters. The predicted molar refractivity (Wildman–Crippen MR) is 58.1 cm³/mol. The van der Waals surface area contributed by atoms with Crippen LogP contribution in [0.5, 0.6) is 0 Å². The molecule has 0 aliphatic carbocycles. The van der Waals surface area contributed by atoms with Gasteiger partial charge < -0.3 is 28.9 Å². The average Bonchev–Trinajstić information content (AvgIpc) is 2.64. The summed E-state index contributed by atoms with van der Waals surface area (Å²) in [5.41, 5.74) is 0. The van der Waals surface area contributed by atoms with Gasteiger partial charge in [-0.05, 0) is 18.8 Å². The zero-order chi connectivity index (χ0) is 10.8. The number of nitrogens with zero attached hydrogens (tertiary/aromatic N) is 2. The highest BCUT2D eigenvalue weighted by Crippen LogP contribution is 2.16. The Labute approximate surface area is 114 Å². The van der Waals surface area contributed by atoms with Crippen LogP contribution in [-0.2, 0) is 0 Å². The van der Waals surface area contributed by atoms with Crippen molar-refractivity contribution in [3.8, 4) is 0 Å². The van der Waals surface area contributed by atoms with E-state index in [1.54, 1.807) is 0 Å². The van der Waals surface area contributed by atoms with E-state index in [4.69, 9.17) is 0 Å². The lowest BCUT2D eigenvalue weighted by Crippen LogP contribution is -3.04. The Morgan fingerprint density at radius 1 is 1.50 bits per heavy atom. The number of carbonyl (C=O) groups is 1. The predicted octanol–water partition coefficient (Wildman–Crippen LogP) is -2.90. The molecule has 0 saturated carbocycles. The number of halogens is 1. The number of rotatable bonds is 0. The normalized spacial score (nSPS) is 29.1. The van der Waals surface area contributed by atoms with Crippen LogP contribution in [-0.4, -0.2) is 42.6 Å². The van der Waals surface area contributed by atoms with Crippen molar-refractivity contribution >= 4 is 6.03 Å². The second-order valence-electron chi connectivity index (χ2n) is 4.77. The van der Waals surface area contributed by atoms with Gasteiger partial charge in [-0.2, -0.15) is 0 Å². The summed E-state index contributed by atoms with van der Waals surface area (Å²) in [6, 6.07) is 0.176. The van der Waals surface area contributed by atoms with Gasteiger partial charge in [0, 0.05) is 13.1 Å². The summed E-state index contributed by atoms with van der Waals surface area (Å²) in [6.45, 7) is 4.83. The van der Waals surface area contributed by atoms with E-state index in [1.165, 1.54) is 11.3 Å². The Bertz CT molecular complexity index is 282. The molecule has 92 valence electrons. The zero-order valence-electron chi connectivity index (χ0n) is 9.95. The first-order valence-corrected chi connectivity index (χ1v) is 5.73. The number of hydrogen-bond donors (Lipinski definition) is 1. The first-order chi connectivity index (χ1) is 7.16. The number of hydrogen-bond acceptors (Lipinski definition) is 1. The topological polar surface area (TPSA) is 28.0 Å². The molecule has 2 amide bonds. The monoisotopic (exact) mass is 337 g/mol. The summed E-state index contributed by atoms with van der Waals surface area (Å²) in [6.07, 6.45) is 6.32. The van der Waals surface area contributed by atoms with Gasteiger partial charge >= 0.3 is 6.03 Å². The maximum atomic E-state index is 12.1. The van der Waals surface area contributed by atoms with E-state index in [0.717, 1.165) is 26.2 Å². The van der Waals surface area contributed by atoms with E-state index in [2.05, 4.69) is 14.0 Å². The molecular formula is C11H20IN3O. The lowest BCUT2D eigenvalue weighted by Gasteiger charge is -2.32. The van der Waals surface area contributed by atoms with Crippen LogP contribution in [0.4, 0.5) is 4.79 Å². The number of urea groups is 1. The van der Waals surface area contributed by atoms with Crippen molar-refractivity contribution in [1.82, 2.24) is 9.80 Å². The van der Waals surface area contributed by atoms with Crippen molar-refractivity contribution in [3.63, 3.8) is 0 Å². The van der Waals surface area contributed by atoms with Gasteiger partial charge in [0.1, 0.15) is 6.20 Å². The molecule has 0 spiro atoms. The lowest BCUT2D eigenvalue weighted by molar-refractivity contribution is -0.825. The van der Waals surface area contributed by atoms with Crippen LogP contribution in [0, 0.1) is 5.92 Å². The summed E-state index contributed by atoms with van der Waals surface area (Å²) >= 11 is 0. The molecule has 0 bridgehead atoms. The molecule has 0 aromatic heterocycles. The average molecular weight is 337 g/mol. The molecule has 1 N–H and O–H groups in total. The summed E-state index contributed by atoms with van der Waals surface area (Å²) in [5, 5.41) is 0. The highest BCUT2D eigenvalue weighted by molar-refractivity contribution is 5.75. The summed E-state index contributed by atoms with van der Waals surface area (Å²) in [7, 11) is 2.06. The summed E-state index contributed by atoms with van der Waals surface area (Å²) in [5.74, 6) is 0.652. The fraction of sp³-hybridized carbons (Fsp3) is 0.727. The quantitative estimate of drug-likeness (QED) is 0.472. The summed E-state index contributed by atoms with van der Waals surface area (Å²) in [4.78, 5) is 17.1. The van der Waals surface area contributed by atoms with Crippen LogP contribution in [0.15, 0.2) is 12.4 Å². The van der Waals surface area contributed by atoms with Crippen molar-refractivity contribution < 1.29 is 33.7 Å². The first-order valence-electron chi connectivity index (χ1n) is 5.73. The molecule has 5 heteroatoms. The molecule has 0 aromatic carbocycles. The second kappa shape index (κ2) is 5.86. The van der Waals surface area contributed by atoms with Crippen LogP contribution >= 0.6 is 0 Å². The van der Waals surface area contributed by atoms with E-state index in [9.17, 15) is 4.79 Å². The van der Waals surface area contributed by atoms with Crippen molar-refractivity contribution in [1.29, 1.82) is 0 Å². The van der Waals surface area contributed by atoms with E-state index < -0.39 is 0 Å². The van der Waals surface area contributed by atoms with Crippen molar-refractivity contribution in [3.05, 3.63) is 12.4 Å².